The van der Waals surface area contributed by atoms with Gasteiger partial charge in [-0.1, -0.05) is 50.1 Å². The lowest BCUT2D eigenvalue weighted by Crippen LogP contribution is -2.41. The SMILES string of the molecule is CC(C)=CCN(C(C)/C=N/O[Si](C)(C)C(C)(C)C)S(=O)(=O)c1ccc(C)cc1. The van der Waals surface area contributed by atoms with Crippen LogP contribution in [0.5, 0.6) is 0 Å². The molecule has 0 aromatic heterocycles. The van der Waals surface area contributed by atoms with Gasteiger partial charge in [-0.05, 0) is 58.0 Å². The van der Waals surface area contributed by atoms with Crippen LogP contribution < -0.4 is 0 Å². The first kappa shape index (κ1) is 24.6. The second-order valence-corrected chi connectivity index (χ2v) is 15.6. The molecule has 28 heavy (non-hydrogen) atoms. The number of rotatable bonds is 8. The van der Waals surface area contributed by atoms with Gasteiger partial charge in [0.25, 0.3) is 8.32 Å². The summed E-state index contributed by atoms with van der Waals surface area (Å²) in [6.45, 7) is 18.6. The third-order valence-corrected chi connectivity index (χ3v) is 11.3. The van der Waals surface area contributed by atoms with Gasteiger partial charge in [0.15, 0.2) is 0 Å². The summed E-state index contributed by atoms with van der Waals surface area (Å²) in [6, 6.07) is 6.48. The van der Waals surface area contributed by atoms with Crippen LogP contribution in [-0.4, -0.2) is 39.8 Å². The van der Waals surface area contributed by atoms with Gasteiger partial charge in [-0.25, -0.2) is 8.42 Å². The van der Waals surface area contributed by atoms with Gasteiger partial charge in [-0.2, -0.15) is 4.31 Å². The molecule has 0 aliphatic heterocycles. The average molecular weight is 425 g/mol. The van der Waals surface area contributed by atoms with Crippen molar-refractivity contribution < 1.29 is 12.9 Å². The molecular formula is C21H36N2O3SSi. The van der Waals surface area contributed by atoms with Crippen LogP contribution in [0, 0.1) is 6.92 Å². The number of sulfonamides is 1. The second-order valence-electron chi connectivity index (χ2n) is 9.02. The normalized spacial score (nSPS) is 14.4. The van der Waals surface area contributed by atoms with E-state index >= 15 is 0 Å². The maximum atomic E-state index is 13.2. The molecule has 0 bridgehead atoms. The molecule has 0 aliphatic rings. The Kier molecular flexibility index (Phi) is 8.23. The number of nitrogens with zero attached hydrogens (tertiary/aromatic N) is 2. The maximum absolute atomic E-state index is 13.2. The summed E-state index contributed by atoms with van der Waals surface area (Å²) < 4.78 is 33.7. The molecule has 5 nitrogen and oxygen atoms in total. The van der Waals surface area contributed by atoms with Crippen molar-refractivity contribution in [3.63, 3.8) is 0 Å². The van der Waals surface area contributed by atoms with Gasteiger partial charge in [0.1, 0.15) is 0 Å². The molecule has 0 N–H and O–H groups in total. The number of hydrogen-bond acceptors (Lipinski definition) is 4. The number of oxime groups is 1. The van der Waals surface area contributed by atoms with Crippen molar-refractivity contribution >= 4 is 24.6 Å². The molecule has 0 heterocycles. The monoisotopic (exact) mass is 424 g/mol. The molecule has 0 saturated carbocycles. The first-order valence-electron chi connectivity index (χ1n) is 9.62. The predicted molar refractivity (Wildman–Crippen MR) is 121 cm³/mol. The summed E-state index contributed by atoms with van der Waals surface area (Å²) in [4.78, 5) is 0.283. The summed E-state index contributed by atoms with van der Waals surface area (Å²) in [5, 5.41) is 4.22. The van der Waals surface area contributed by atoms with E-state index in [0.717, 1.165) is 11.1 Å². The molecule has 0 amide bonds. The Bertz CT molecular complexity index is 803. The van der Waals surface area contributed by atoms with Crippen molar-refractivity contribution in [3.8, 4) is 0 Å². The zero-order valence-electron chi connectivity index (χ0n) is 18.8. The van der Waals surface area contributed by atoms with Gasteiger partial charge in [-0.15, -0.1) is 5.16 Å². The molecule has 1 atom stereocenters. The van der Waals surface area contributed by atoms with Crippen molar-refractivity contribution in [2.24, 2.45) is 5.16 Å². The third-order valence-electron chi connectivity index (χ3n) is 5.13. The zero-order valence-corrected chi connectivity index (χ0v) is 20.6. The lowest BCUT2D eigenvalue weighted by molar-refractivity contribution is 0.305. The van der Waals surface area contributed by atoms with Gasteiger partial charge < -0.3 is 4.53 Å². The van der Waals surface area contributed by atoms with E-state index in [4.69, 9.17) is 4.53 Å². The Balaban J connectivity index is 3.14. The highest BCUT2D eigenvalue weighted by Crippen LogP contribution is 2.36. The molecule has 1 aromatic carbocycles. The van der Waals surface area contributed by atoms with Crippen molar-refractivity contribution in [1.29, 1.82) is 0 Å². The van der Waals surface area contributed by atoms with E-state index in [1.165, 1.54) is 4.31 Å². The Morgan fingerprint density at radius 2 is 1.75 bits per heavy atom. The van der Waals surface area contributed by atoms with Crippen LogP contribution >= 0.6 is 0 Å². The highest BCUT2D eigenvalue weighted by molar-refractivity contribution is 7.89. The van der Waals surface area contributed by atoms with E-state index in [2.05, 4.69) is 39.0 Å². The van der Waals surface area contributed by atoms with Gasteiger partial charge >= 0.3 is 0 Å². The number of benzene rings is 1. The quantitative estimate of drug-likeness (QED) is 0.245. The largest absolute Gasteiger partial charge is 0.455 e. The molecular weight excluding hydrogens is 388 g/mol. The number of allylic oxidation sites excluding steroid dienone is 1. The fourth-order valence-corrected chi connectivity index (χ4v) is 4.18. The number of aryl methyl sites for hydroxylation is 1. The van der Waals surface area contributed by atoms with Crippen molar-refractivity contribution in [2.45, 2.75) is 77.5 Å². The lowest BCUT2D eigenvalue weighted by Gasteiger charge is -2.33. The van der Waals surface area contributed by atoms with Crippen LogP contribution in [0.2, 0.25) is 18.1 Å². The molecule has 1 unspecified atom stereocenters. The van der Waals surface area contributed by atoms with E-state index in [9.17, 15) is 8.42 Å². The molecule has 1 rings (SSSR count). The van der Waals surface area contributed by atoms with Gasteiger partial charge in [-0.3, -0.25) is 0 Å². The summed E-state index contributed by atoms with van der Waals surface area (Å²) >= 11 is 0. The Morgan fingerprint density at radius 1 is 1.21 bits per heavy atom. The predicted octanol–water partition coefficient (Wildman–Crippen LogP) is 5.35. The van der Waals surface area contributed by atoms with E-state index in [1.807, 2.05) is 45.9 Å². The van der Waals surface area contributed by atoms with Crippen LogP contribution in [0.4, 0.5) is 0 Å². The van der Waals surface area contributed by atoms with E-state index in [0.29, 0.717) is 0 Å². The molecule has 158 valence electrons. The molecule has 0 aliphatic carbocycles. The van der Waals surface area contributed by atoms with Crippen molar-refractivity contribution in [2.75, 3.05) is 6.54 Å². The molecule has 7 heteroatoms. The summed E-state index contributed by atoms with van der Waals surface area (Å²) in [5.74, 6) is 0. The second kappa shape index (κ2) is 9.37. The minimum absolute atomic E-state index is 0.0311. The van der Waals surface area contributed by atoms with Crippen molar-refractivity contribution in [3.05, 3.63) is 41.5 Å². The van der Waals surface area contributed by atoms with E-state index in [-0.39, 0.29) is 16.5 Å². The molecule has 0 spiro atoms. The molecule has 0 radical (unpaired) electrons. The smallest absolute Gasteiger partial charge is 0.286 e. The van der Waals surface area contributed by atoms with Crippen LogP contribution in [0.15, 0.2) is 46.0 Å². The zero-order chi connectivity index (χ0) is 21.8. The lowest BCUT2D eigenvalue weighted by atomic mass is 10.2. The van der Waals surface area contributed by atoms with Gasteiger partial charge in [0.05, 0.1) is 17.2 Å². The minimum atomic E-state index is -3.65. The minimum Gasteiger partial charge on any atom is -0.455 e. The molecule has 0 fully saturated rings. The first-order chi connectivity index (χ1) is 12.7. The van der Waals surface area contributed by atoms with Crippen molar-refractivity contribution in [1.82, 2.24) is 4.31 Å². The van der Waals surface area contributed by atoms with Gasteiger partial charge in [0, 0.05) is 6.54 Å². The average Bonchev–Trinajstić information content (AvgIpc) is 2.53. The number of hydrogen-bond donors (Lipinski definition) is 0. The van der Waals surface area contributed by atoms with Gasteiger partial charge in [0.2, 0.25) is 10.0 Å². The topological polar surface area (TPSA) is 59.0 Å². The first-order valence-corrected chi connectivity index (χ1v) is 14.0. The fraction of sp³-hybridized carbons (Fsp3) is 0.571. The maximum Gasteiger partial charge on any atom is 0.286 e. The van der Waals surface area contributed by atoms with Crippen LogP contribution in [0.25, 0.3) is 0 Å². The van der Waals surface area contributed by atoms with E-state index < -0.39 is 24.4 Å². The molecule has 1 aromatic rings. The van der Waals surface area contributed by atoms with Crippen LogP contribution in [0.3, 0.4) is 0 Å². The summed E-state index contributed by atoms with van der Waals surface area (Å²) in [6.07, 6.45) is 3.50. The molecule has 0 saturated heterocycles. The highest BCUT2D eigenvalue weighted by atomic mass is 32.2. The van der Waals surface area contributed by atoms with Crippen LogP contribution in [0.1, 0.15) is 47.1 Å². The fourth-order valence-electron chi connectivity index (χ4n) is 2.06. The van der Waals surface area contributed by atoms with Crippen LogP contribution in [-0.2, 0) is 14.6 Å². The van der Waals surface area contributed by atoms with E-state index in [1.54, 1.807) is 18.3 Å². The summed E-state index contributed by atoms with van der Waals surface area (Å²) in [5.41, 5.74) is 2.08. The standard InChI is InChI=1S/C21H36N2O3SSi/c1-17(2)14-15-23(27(24,25)20-12-10-18(3)11-13-20)19(4)16-22-26-28(8,9)21(5,6)7/h10-14,16,19H,15H2,1-9H3/b22-16+. The Labute approximate surface area is 172 Å². The summed E-state index contributed by atoms with van der Waals surface area (Å²) in [7, 11) is -5.69. The highest BCUT2D eigenvalue weighted by Gasteiger charge is 2.39. The Hall–Kier alpha value is -1.44. The Morgan fingerprint density at radius 3 is 2.21 bits per heavy atom. The third kappa shape index (κ3) is 6.57.